The fourth-order valence-corrected chi connectivity index (χ4v) is 4.37. The normalized spacial score (nSPS) is 16.4. The van der Waals surface area contributed by atoms with Crippen LogP contribution in [0.5, 0.6) is 5.75 Å². The van der Waals surface area contributed by atoms with E-state index in [2.05, 4.69) is 29.7 Å². The van der Waals surface area contributed by atoms with Crippen molar-refractivity contribution in [3.05, 3.63) is 59.4 Å². The van der Waals surface area contributed by atoms with Crippen LogP contribution in [0.1, 0.15) is 50.8 Å². The highest BCUT2D eigenvalue weighted by Crippen LogP contribution is 2.31. The van der Waals surface area contributed by atoms with E-state index in [0.717, 1.165) is 67.9 Å². The van der Waals surface area contributed by atoms with E-state index in [4.69, 9.17) is 21.3 Å². The number of carbonyl (C=O) groups is 1. The van der Waals surface area contributed by atoms with Gasteiger partial charge >= 0.3 is 0 Å². The van der Waals surface area contributed by atoms with Crippen molar-refractivity contribution in [2.45, 2.75) is 51.5 Å². The van der Waals surface area contributed by atoms with Crippen molar-refractivity contribution in [2.75, 3.05) is 19.7 Å². The maximum atomic E-state index is 12.5. The van der Waals surface area contributed by atoms with Crippen LogP contribution in [0.2, 0.25) is 5.02 Å². The number of aryl methyl sites for hydroxylation is 1. The van der Waals surface area contributed by atoms with Crippen LogP contribution in [0.15, 0.2) is 48.5 Å². The van der Waals surface area contributed by atoms with Gasteiger partial charge in [0.25, 0.3) is 0 Å². The Morgan fingerprint density at radius 1 is 1.06 bits per heavy atom. The minimum absolute atomic E-state index is 0.169. The third-order valence-corrected chi connectivity index (χ3v) is 6.16. The fraction of sp³-hybridized carbons (Fsp3) is 0.440. The lowest BCUT2D eigenvalue weighted by atomic mass is 10.1. The predicted octanol–water partition coefficient (Wildman–Crippen LogP) is 5.66. The molecular weight excluding hydrogens is 410 g/mol. The van der Waals surface area contributed by atoms with E-state index in [9.17, 15) is 4.79 Å². The molecule has 1 atom stereocenters. The topological polar surface area (TPSA) is 47.4 Å². The Morgan fingerprint density at radius 3 is 2.68 bits per heavy atom. The maximum absolute atomic E-state index is 12.5. The summed E-state index contributed by atoms with van der Waals surface area (Å²) >= 11 is 5.92. The fourth-order valence-electron chi connectivity index (χ4n) is 4.24. The van der Waals surface area contributed by atoms with E-state index in [1.807, 2.05) is 35.2 Å². The molecule has 31 heavy (non-hydrogen) atoms. The molecule has 2 aromatic carbocycles. The van der Waals surface area contributed by atoms with Crippen LogP contribution in [0.4, 0.5) is 0 Å². The second kappa shape index (κ2) is 10.2. The summed E-state index contributed by atoms with van der Waals surface area (Å²) < 4.78 is 8.15. The Morgan fingerprint density at radius 2 is 1.87 bits per heavy atom. The second-order valence-corrected chi connectivity index (χ2v) is 8.65. The number of carbonyl (C=O) groups excluding carboxylic acids is 1. The molecule has 1 aliphatic rings. The Kier molecular flexibility index (Phi) is 7.13. The molecular formula is C25H30ClN3O2. The highest BCUT2D eigenvalue weighted by Gasteiger charge is 2.33. The molecule has 1 saturated heterocycles. The van der Waals surface area contributed by atoms with E-state index >= 15 is 0 Å². The minimum atomic E-state index is 0.169. The molecule has 1 fully saturated rings. The third-order valence-electron chi connectivity index (χ3n) is 5.90. The number of benzene rings is 2. The summed E-state index contributed by atoms with van der Waals surface area (Å²) in [4.78, 5) is 19.5. The van der Waals surface area contributed by atoms with Gasteiger partial charge in [0.1, 0.15) is 11.6 Å². The number of fused-ring (bicyclic) bond motifs is 1. The Labute approximate surface area is 189 Å². The van der Waals surface area contributed by atoms with Crippen LogP contribution in [0, 0.1) is 0 Å². The Bertz CT molecular complexity index is 1020. The highest BCUT2D eigenvalue weighted by atomic mass is 35.5. The number of imidazole rings is 1. The van der Waals surface area contributed by atoms with Gasteiger partial charge in [-0.2, -0.15) is 0 Å². The van der Waals surface area contributed by atoms with Crippen LogP contribution < -0.4 is 4.74 Å². The average Bonchev–Trinajstić information content (AvgIpc) is 3.33. The van der Waals surface area contributed by atoms with Gasteiger partial charge in [-0.1, -0.05) is 37.1 Å². The van der Waals surface area contributed by atoms with Gasteiger partial charge in [0.15, 0.2) is 0 Å². The van der Waals surface area contributed by atoms with Gasteiger partial charge in [0, 0.05) is 37.0 Å². The summed E-state index contributed by atoms with van der Waals surface area (Å²) in [5, 5.41) is 0.713. The number of unbranched alkanes of at least 4 members (excludes halogenated alkanes) is 2. The monoisotopic (exact) mass is 439 g/mol. The molecule has 0 unspecified atom stereocenters. The zero-order valence-electron chi connectivity index (χ0n) is 18.1. The first-order valence-electron chi connectivity index (χ1n) is 11.3. The number of para-hydroxylation sites is 2. The van der Waals surface area contributed by atoms with Gasteiger partial charge in [0.2, 0.25) is 5.91 Å². The SMILES string of the molecule is CCCCN1C[C@@H](c2nc3ccccc3n2CCCCOc2ccc(Cl)cc2)CC1=O. The van der Waals surface area contributed by atoms with E-state index < -0.39 is 0 Å². The van der Waals surface area contributed by atoms with Crippen molar-refractivity contribution in [2.24, 2.45) is 0 Å². The molecule has 0 saturated carbocycles. The number of likely N-dealkylation sites (tertiary alicyclic amines) is 1. The molecule has 0 bridgehead atoms. The largest absolute Gasteiger partial charge is 0.494 e. The zero-order valence-corrected chi connectivity index (χ0v) is 18.9. The van der Waals surface area contributed by atoms with Crippen molar-refractivity contribution in [3.63, 3.8) is 0 Å². The van der Waals surface area contributed by atoms with Gasteiger partial charge in [-0.25, -0.2) is 4.98 Å². The molecule has 4 rings (SSSR count). The van der Waals surface area contributed by atoms with Crippen LogP contribution in [-0.4, -0.2) is 40.1 Å². The molecule has 1 aromatic heterocycles. The highest BCUT2D eigenvalue weighted by molar-refractivity contribution is 6.30. The van der Waals surface area contributed by atoms with E-state index in [-0.39, 0.29) is 11.8 Å². The Balaban J connectivity index is 1.41. The van der Waals surface area contributed by atoms with Crippen molar-refractivity contribution in [3.8, 4) is 5.75 Å². The molecule has 1 aliphatic heterocycles. The lowest BCUT2D eigenvalue weighted by Crippen LogP contribution is -2.26. The number of amides is 1. The number of halogens is 1. The molecule has 0 spiro atoms. The van der Waals surface area contributed by atoms with Crippen LogP contribution in [0.25, 0.3) is 11.0 Å². The summed E-state index contributed by atoms with van der Waals surface area (Å²) in [6.45, 7) is 5.33. The van der Waals surface area contributed by atoms with Crippen molar-refractivity contribution < 1.29 is 9.53 Å². The number of hydrogen-bond acceptors (Lipinski definition) is 3. The second-order valence-electron chi connectivity index (χ2n) is 8.21. The lowest BCUT2D eigenvalue weighted by molar-refractivity contribution is -0.127. The first-order valence-corrected chi connectivity index (χ1v) is 11.6. The lowest BCUT2D eigenvalue weighted by Gasteiger charge is -2.17. The maximum Gasteiger partial charge on any atom is 0.223 e. The van der Waals surface area contributed by atoms with Crippen LogP contribution in [-0.2, 0) is 11.3 Å². The van der Waals surface area contributed by atoms with Crippen molar-refractivity contribution in [1.82, 2.24) is 14.5 Å². The number of hydrogen-bond donors (Lipinski definition) is 0. The van der Waals surface area contributed by atoms with Gasteiger partial charge < -0.3 is 14.2 Å². The van der Waals surface area contributed by atoms with Gasteiger partial charge in [0.05, 0.1) is 17.6 Å². The van der Waals surface area contributed by atoms with Gasteiger partial charge in [-0.15, -0.1) is 0 Å². The van der Waals surface area contributed by atoms with Crippen LogP contribution in [0.3, 0.4) is 0 Å². The van der Waals surface area contributed by atoms with E-state index in [1.165, 1.54) is 0 Å². The molecule has 6 heteroatoms. The minimum Gasteiger partial charge on any atom is -0.494 e. The third kappa shape index (κ3) is 5.21. The number of aromatic nitrogens is 2. The molecule has 5 nitrogen and oxygen atoms in total. The van der Waals surface area contributed by atoms with Gasteiger partial charge in [-0.05, 0) is 55.7 Å². The van der Waals surface area contributed by atoms with E-state index in [0.29, 0.717) is 18.1 Å². The average molecular weight is 440 g/mol. The first kappa shape index (κ1) is 21.7. The summed E-state index contributed by atoms with van der Waals surface area (Å²) in [5.74, 6) is 2.32. The smallest absolute Gasteiger partial charge is 0.223 e. The molecule has 0 N–H and O–H groups in total. The summed E-state index contributed by atoms with van der Waals surface area (Å²) in [7, 11) is 0. The molecule has 2 heterocycles. The first-order chi connectivity index (χ1) is 15.2. The summed E-state index contributed by atoms with van der Waals surface area (Å²) in [5.41, 5.74) is 2.16. The number of rotatable bonds is 10. The summed E-state index contributed by atoms with van der Waals surface area (Å²) in [6.07, 6.45) is 4.65. The predicted molar refractivity (Wildman–Crippen MR) is 125 cm³/mol. The zero-order chi connectivity index (χ0) is 21.6. The van der Waals surface area contributed by atoms with Crippen molar-refractivity contribution >= 4 is 28.5 Å². The number of nitrogens with zero attached hydrogens (tertiary/aromatic N) is 3. The van der Waals surface area contributed by atoms with Crippen molar-refractivity contribution in [1.29, 1.82) is 0 Å². The standard InChI is InChI=1S/C25H30ClN3O2/c1-2-3-14-28-18-19(17-24(28)30)25-27-22-8-4-5-9-23(22)29(25)15-6-7-16-31-21-12-10-20(26)11-13-21/h4-5,8-13,19H,2-3,6-7,14-18H2,1H3/t19-/m0/s1. The van der Waals surface area contributed by atoms with Gasteiger partial charge in [-0.3, -0.25) is 4.79 Å². The molecule has 3 aromatic rings. The summed E-state index contributed by atoms with van der Waals surface area (Å²) in [6, 6.07) is 15.7. The Hall–Kier alpha value is -2.53. The quantitative estimate of drug-likeness (QED) is 0.382. The molecule has 1 amide bonds. The number of ether oxygens (including phenoxy) is 1. The molecule has 0 radical (unpaired) electrons. The van der Waals surface area contributed by atoms with E-state index in [1.54, 1.807) is 0 Å². The van der Waals surface area contributed by atoms with Crippen LogP contribution >= 0.6 is 11.6 Å². The molecule has 164 valence electrons. The molecule has 0 aliphatic carbocycles.